The maximum absolute atomic E-state index is 12.8. The van der Waals surface area contributed by atoms with Crippen LogP contribution in [-0.4, -0.2) is 47.0 Å². The molecule has 2 aliphatic rings. The molecule has 2 aliphatic heterocycles. The van der Waals surface area contributed by atoms with Gasteiger partial charge in [0.05, 0.1) is 30.8 Å². The maximum atomic E-state index is 12.8. The molecule has 154 valence electrons. The Balaban J connectivity index is 2.05. The summed E-state index contributed by atoms with van der Waals surface area (Å²) in [6.07, 6.45) is 0.267. The number of hydrogen-bond donors (Lipinski definition) is 0. The van der Waals surface area contributed by atoms with E-state index in [-0.39, 0.29) is 18.4 Å². The molecule has 0 spiro atoms. The van der Waals surface area contributed by atoms with Gasteiger partial charge in [-0.15, -0.1) is 0 Å². The highest BCUT2D eigenvalue weighted by atomic mass is 32.2. The number of nitrogens with zero attached hydrogens (tertiary/aromatic N) is 3. The van der Waals surface area contributed by atoms with Gasteiger partial charge >= 0.3 is 5.97 Å². The minimum Gasteiger partial charge on any atom is -0.466 e. The van der Waals surface area contributed by atoms with Crippen LogP contribution in [0.15, 0.2) is 51.6 Å². The van der Waals surface area contributed by atoms with Crippen molar-refractivity contribution in [2.75, 3.05) is 20.2 Å². The summed E-state index contributed by atoms with van der Waals surface area (Å²) in [5.41, 5.74) is 4.08. The number of carbonyl (C=O) groups excluding carboxylic acids is 2. The second-order valence-corrected chi connectivity index (χ2v) is 7.88. The van der Waals surface area contributed by atoms with Gasteiger partial charge in [-0.2, -0.15) is 0 Å². The van der Waals surface area contributed by atoms with Crippen LogP contribution in [0.1, 0.15) is 44.4 Å². The van der Waals surface area contributed by atoms with Gasteiger partial charge in [0.2, 0.25) is 5.91 Å². The largest absolute Gasteiger partial charge is 0.466 e. The third-order valence-electron chi connectivity index (χ3n) is 5.21. The van der Waals surface area contributed by atoms with Gasteiger partial charge in [0, 0.05) is 18.8 Å². The van der Waals surface area contributed by atoms with Crippen molar-refractivity contribution < 1.29 is 14.3 Å². The molecule has 3 rings (SSSR count). The Bertz CT molecular complexity index is 916. The monoisotopic (exact) mass is 413 g/mol. The summed E-state index contributed by atoms with van der Waals surface area (Å²) in [6.45, 7) is 9.15. The quantitative estimate of drug-likeness (QED) is 0.660. The average Bonchev–Trinajstić information content (AvgIpc) is 3.09. The first-order valence-corrected chi connectivity index (χ1v) is 10.7. The minimum absolute atomic E-state index is 0.0667. The van der Waals surface area contributed by atoms with Crippen LogP contribution >= 0.6 is 11.8 Å². The predicted octanol–water partition coefficient (Wildman–Crippen LogP) is 4.00. The lowest BCUT2D eigenvalue weighted by molar-refractivity contribution is -0.136. The number of hydrogen-bond acceptors (Lipinski definition) is 6. The van der Waals surface area contributed by atoms with Gasteiger partial charge in [-0.25, -0.2) is 9.79 Å². The molecule has 7 heteroatoms. The van der Waals surface area contributed by atoms with Crippen molar-refractivity contribution >= 4 is 28.8 Å². The number of methoxy groups -OCH3 is 1. The van der Waals surface area contributed by atoms with Crippen molar-refractivity contribution in [2.24, 2.45) is 4.99 Å². The number of allylic oxidation sites excluding steroid dienone is 1. The number of amides is 1. The molecule has 0 saturated carbocycles. The normalized spacial score (nSPS) is 18.2. The summed E-state index contributed by atoms with van der Waals surface area (Å²) < 4.78 is 5.09. The Morgan fingerprint density at radius 3 is 2.59 bits per heavy atom. The fraction of sp³-hybridized carbons (Fsp3) is 0.409. The van der Waals surface area contributed by atoms with Crippen molar-refractivity contribution in [3.8, 4) is 0 Å². The summed E-state index contributed by atoms with van der Waals surface area (Å²) in [5.74, 6) is -0.333. The van der Waals surface area contributed by atoms with E-state index in [1.54, 1.807) is 0 Å². The number of ether oxygens (including phenoxy) is 1. The topological polar surface area (TPSA) is 62.2 Å². The second kappa shape index (κ2) is 8.86. The molecular weight excluding hydrogens is 386 g/mol. The Labute approximate surface area is 176 Å². The first-order valence-electron chi connectivity index (χ1n) is 9.78. The van der Waals surface area contributed by atoms with Gasteiger partial charge in [-0.3, -0.25) is 4.79 Å². The third kappa shape index (κ3) is 4.10. The molecule has 0 saturated heterocycles. The van der Waals surface area contributed by atoms with Gasteiger partial charge in [-0.1, -0.05) is 41.6 Å². The molecule has 2 heterocycles. The van der Waals surface area contributed by atoms with E-state index in [1.165, 1.54) is 18.9 Å². The van der Waals surface area contributed by atoms with Gasteiger partial charge in [0.25, 0.3) is 0 Å². The summed E-state index contributed by atoms with van der Waals surface area (Å²) in [6, 6.07) is 7.70. The molecule has 0 aromatic heterocycles. The number of rotatable bonds is 6. The van der Waals surface area contributed by atoms with Crippen molar-refractivity contribution in [2.45, 2.75) is 40.2 Å². The average molecular weight is 414 g/mol. The predicted molar refractivity (Wildman–Crippen MR) is 116 cm³/mol. The zero-order valence-electron chi connectivity index (χ0n) is 17.6. The lowest BCUT2D eigenvalue weighted by Crippen LogP contribution is -2.38. The Hall–Kier alpha value is -2.54. The van der Waals surface area contributed by atoms with Crippen LogP contribution in [0.2, 0.25) is 0 Å². The molecule has 6 nitrogen and oxygen atoms in total. The Morgan fingerprint density at radius 2 is 1.97 bits per heavy atom. The van der Waals surface area contributed by atoms with Crippen LogP contribution in [-0.2, 0) is 14.3 Å². The Morgan fingerprint density at radius 1 is 1.24 bits per heavy atom. The molecule has 1 amide bonds. The van der Waals surface area contributed by atoms with E-state index in [2.05, 4.69) is 11.1 Å². The molecule has 29 heavy (non-hydrogen) atoms. The first-order chi connectivity index (χ1) is 13.9. The molecule has 1 aromatic carbocycles. The van der Waals surface area contributed by atoms with E-state index in [0.29, 0.717) is 24.4 Å². The fourth-order valence-electron chi connectivity index (χ4n) is 3.74. The number of aryl methyl sites for hydroxylation is 1. The number of esters is 1. The number of benzene rings is 1. The van der Waals surface area contributed by atoms with Crippen LogP contribution in [0.3, 0.4) is 0 Å². The third-order valence-corrected chi connectivity index (χ3v) is 6.10. The second-order valence-electron chi connectivity index (χ2n) is 7.04. The van der Waals surface area contributed by atoms with Crippen LogP contribution in [0.5, 0.6) is 0 Å². The highest BCUT2D eigenvalue weighted by Gasteiger charge is 2.41. The zero-order valence-corrected chi connectivity index (χ0v) is 18.4. The van der Waals surface area contributed by atoms with Gasteiger partial charge in [-0.05, 0) is 38.7 Å². The standard InChI is InChI=1S/C22H27N3O3S/c1-6-24(7-2)18(26)12-17-13-29-22-23-15(4)19(21(27)28-5)20(25(17)22)16-10-8-9-14(3)11-16/h8-11,13,20H,6-7,12H2,1-5H3. The highest BCUT2D eigenvalue weighted by molar-refractivity contribution is 8.16. The van der Waals surface area contributed by atoms with Crippen LogP contribution < -0.4 is 0 Å². The fourth-order valence-corrected chi connectivity index (χ4v) is 4.70. The van der Waals surface area contributed by atoms with E-state index in [1.807, 2.05) is 61.1 Å². The SMILES string of the molecule is CCN(CC)C(=O)CC1=CSC2=NC(C)=C(C(=O)OC)C(c3cccc(C)c3)N12. The minimum atomic E-state index is -0.400. The first kappa shape index (κ1) is 21.2. The molecular formula is C22H27N3O3S. The molecule has 0 aliphatic carbocycles. The summed E-state index contributed by atoms with van der Waals surface area (Å²) in [7, 11) is 1.38. The maximum Gasteiger partial charge on any atom is 0.338 e. The number of carbonyl (C=O) groups is 2. The number of thioether (sulfide) groups is 1. The van der Waals surface area contributed by atoms with E-state index in [9.17, 15) is 9.59 Å². The molecule has 0 bridgehead atoms. The van der Waals surface area contributed by atoms with Gasteiger partial charge in [0.15, 0.2) is 5.17 Å². The van der Waals surface area contributed by atoms with Crippen molar-refractivity contribution in [1.82, 2.24) is 9.80 Å². The van der Waals surface area contributed by atoms with Gasteiger partial charge in [0.1, 0.15) is 0 Å². The van der Waals surface area contributed by atoms with Crippen LogP contribution in [0.25, 0.3) is 0 Å². The number of aliphatic imine (C=N–C) groups is 1. The molecule has 0 N–H and O–H groups in total. The van der Waals surface area contributed by atoms with Crippen molar-refractivity contribution in [3.63, 3.8) is 0 Å². The van der Waals surface area contributed by atoms with E-state index >= 15 is 0 Å². The van der Waals surface area contributed by atoms with E-state index < -0.39 is 5.97 Å². The molecule has 0 radical (unpaired) electrons. The van der Waals surface area contributed by atoms with Gasteiger partial charge < -0.3 is 14.5 Å². The van der Waals surface area contributed by atoms with Crippen LogP contribution in [0, 0.1) is 6.92 Å². The molecule has 1 unspecified atom stereocenters. The Kier molecular flexibility index (Phi) is 6.47. The highest BCUT2D eigenvalue weighted by Crippen LogP contribution is 2.45. The molecule has 1 atom stereocenters. The number of amidine groups is 1. The lowest BCUT2D eigenvalue weighted by Gasteiger charge is -2.36. The number of fused-ring (bicyclic) bond motifs is 1. The summed E-state index contributed by atoms with van der Waals surface area (Å²) in [4.78, 5) is 33.9. The summed E-state index contributed by atoms with van der Waals surface area (Å²) >= 11 is 1.49. The van der Waals surface area contributed by atoms with Crippen molar-refractivity contribution in [3.05, 3.63) is 57.8 Å². The molecule has 1 aromatic rings. The van der Waals surface area contributed by atoms with E-state index in [0.717, 1.165) is 22.0 Å². The molecule has 0 fully saturated rings. The lowest BCUT2D eigenvalue weighted by atomic mass is 9.93. The summed E-state index contributed by atoms with van der Waals surface area (Å²) in [5, 5.41) is 2.75. The van der Waals surface area contributed by atoms with E-state index in [4.69, 9.17) is 4.74 Å². The smallest absolute Gasteiger partial charge is 0.338 e. The van der Waals surface area contributed by atoms with Crippen molar-refractivity contribution in [1.29, 1.82) is 0 Å². The van der Waals surface area contributed by atoms with Crippen LogP contribution in [0.4, 0.5) is 0 Å². The zero-order chi connectivity index (χ0) is 21.1.